The van der Waals surface area contributed by atoms with Gasteiger partial charge in [-0.15, -0.1) is 0 Å². The van der Waals surface area contributed by atoms with Crippen LogP contribution < -0.4 is 5.73 Å². The highest BCUT2D eigenvalue weighted by atomic mass is 16.1. The summed E-state index contributed by atoms with van der Waals surface area (Å²) in [4.78, 5) is 10.8. The van der Waals surface area contributed by atoms with Gasteiger partial charge in [-0.05, 0) is 26.2 Å². The van der Waals surface area contributed by atoms with Gasteiger partial charge in [0.1, 0.15) is 6.29 Å². The van der Waals surface area contributed by atoms with E-state index in [0.29, 0.717) is 0 Å². The second-order valence-electron chi connectivity index (χ2n) is 4.31. The van der Waals surface area contributed by atoms with Crippen molar-refractivity contribution in [3.8, 4) is 0 Å². The lowest BCUT2D eigenvalue weighted by atomic mass is 9.76. The molecule has 0 radical (unpaired) electrons. The molecule has 2 atom stereocenters. The lowest BCUT2D eigenvalue weighted by molar-refractivity contribution is -0.116. The van der Waals surface area contributed by atoms with Gasteiger partial charge in [-0.1, -0.05) is 20.8 Å². The van der Waals surface area contributed by atoms with Gasteiger partial charge in [0.25, 0.3) is 0 Å². The van der Waals surface area contributed by atoms with E-state index >= 15 is 0 Å². The molecule has 0 rings (SSSR count). The molecule has 2 unspecified atom stereocenters. The molecule has 2 N–H and O–H groups in total. The zero-order valence-electron chi connectivity index (χ0n) is 8.68. The maximum absolute atomic E-state index is 10.8. The molecule has 72 valence electrons. The van der Waals surface area contributed by atoms with E-state index in [1.807, 2.05) is 20.8 Å². The molecule has 0 aromatic heterocycles. The van der Waals surface area contributed by atoms with Crippen molar-refractivity contribution in [3.63, 3.8) is 0 Å². The molecule has 0 saturated carbocycles. The number of rotatable bonds is 5. The fourth-order valence-electron chi connectivity index (χ4n) is 1.30. The van der Waals surface area contributed by atoms with Crippen LogP contribution >= 0.6 is 0 Å². The molecule has 2 heteroatoms. The Morgan fingerprint density at radius 3 is 2.00 bits per heavy atom. The summed E-state index contributed by atoms with van der Waals surface area (Å²) in [7, 11) is 0. The van der Waals surface area contributed by atoms with Crippen molar-refractivity contribution < 1.29 is 4.79 Å². The molecule has 12 heavy (non-hydrogen) atoms. The van der Waals surface area contributed by atoms with E-state index in [0.717, 1.165) is 25.5 Å². The van der Waals surface area contributed by atoms with Gasteiger partial charge >= 0.3 is 0 Å². The lowest BCUT2D eigenvalue weighted by Gasteiger charge is -2.32. The Hall–Kier alpha value is -0.370. The van der Waals surface area contributed by atoms with Crippen LogP contribution in [0.25, 0.3) is 0 Å². The van der Waals surface area contributed by atoms with Crippen LogP contribution in [0.5, 0.6) is 0 Å². The SMILES string of the molecule is CCC(C)(N)CC(C)(C=O)CC. The fraction of sp³-hybridized carbons (Fsp3) is 0.900. The van der Waals surface area contributed by atoms with E-state index in [-0.39, 0.29) is 11.0 Å². The monoisotopic (exact) mass is 171 g/mol. The molecule has 0 fully saturated rings. The molecule has 0 aliphatic rings. The number of carbonyl (C=O) groups excluding carboxylic acids is 1. The van der Waals surface area contributed by atoms with Crippen molar-refractivity contribution in [1.29, 1.82) is 0 Å². The van der Waals surface area contributed by atoms with Gasteiger partial charge in [-0.3, -0.25) is 0 Å². The maximum atomic E-state index is 10.8. The molecule has 0 saturated heterocycles. The first-order valence-electron chi connectivity index (χ1n) is 4.64. The van der Waals surface area contributed by atoms with E-state index in [9.17, 15) is 4.79 Å². The Kier molecular flexibility index (Phi) is 3.91. The van der Waals surface area contributed by atoms with Gasteiger partial charge in [-0.25, -0.2) is 0 Å². The molecule has 2 nitrogen and oxygen atoms in total. The van der Waals surface area contributed by atoms with Gasteiger partial charge in [0.2, 0.25) is 0 Å². The van der Waals surface area contributed by atoms with Crippen LogP contribution in [-0.2, 0) is 4.79 Å². The Morgan fingerprint density at radius 2 is 1.75 bits per heavy atom. The number of hydrogen-bond acceptors (Lipinski definition) is 2. The Labute approximate surface area is 75.5 Å². The average Bonchev–Trinajstić information content (AvgIpc) is 2.04. The summed E-state index contributed by atoms with van der Waals surface area (Å²) in [5.41, 5.74) is 5.56. The van der Waals surface area contributed by atoms with Crippen molar-refractivity contribution in [2.24, 2.45) is 11.1 Å². The zero-order chi connectivity index (χ0) is 9.83. The van der Waals surface area contributed by atoms with Crippen molar-refractivity contribution in [3.05, 3.63) is 0 Å². The summed E-state index contributed by atoms with van der Waals surface area (Å²) in [5, 5.41) is 0. The normalized spacial score (nSPS) is 21.1. The zero-order valence-corrected chi connectivity index (χ0v) is 8.68. The molecular formula is C10H21NO. The molecular weight excluding hydrogens is 150 g/mol. The number of aldehydes is 1. The van der Waals surface area contributed by atoms with Crippen molar-refractivity contribution >= 4 is 6.29 Å². The van der Waals surface area contributed by atoms with Crippen LogP contribution in [0.4, 0.5) is 0 Å². The second-order valence-corrected chi connectivity index (χ2v) is 4.31. The van der Waals surface area contributed by atoms with Crippen molar-refractivity contribution in [1.82, 2.24) is 0 Å². The third-order valence-corrected chi connectivity index (χ3v) is 2.71. The van der Waals surface area contributed by atoms with Crippen LogP contribution in [0.1, 0.15) is 47.0 Å². The molecule has 0 aromatic rings. The average molecular weight is 171 g/mol. The fourth-order valence-corrected chi connectivity index (χ4v) is 1.30. The lowest BCUT2D eigenvalue weighted by Crippen LogP contribution is -2.41. The van der Waals surface area contributed by atoms with Gasteiger partial charge in [0.15, 0.2) is 0 Å². The van der Waals surface area contributed by atoms with Crippen LogP contribution in [0.3, 0.4) is 0 Å². The summed E-state index contributed by atoms with van der Waals surface area (Å²) in [6.07, 6.45) is 3.59. The van der Waals surface area contributed by atoms with E-state index in [1.54, 1.807) is 0 Å². The van der Waals surface area contributed by atoms with Crippen LogP contribution in [0, 0.1) is 5.41 Å². The Bertz CT molecular complexity index is 154. The first kappa shape index (κ1) is 11.6. The summed E-state index contributed by atoms with van der Waals surface area (Å²) in [6, 6.07) is 0. The van der Waals surface area contributed by atoms with Crippen LogP contribution in [0.15, 0.2) is 0 Å². The second kappa shape index (κ2) is 4.04. The van der Waals surface area contributed by atoms with E-state index in [1.165, 1.54) is 0 Å². The highest BCUT2D eigenvalue weighted by molar-refractivity contribution is 5.58. The molecule has 0 aromatic carbocycles. The van der Waals surface area contributed by atoms with Crippen molar-refractivity contribution in [2.75, 3.05) is 0 Å². The van der Waals surface area contributed by atoms with Gasteiger partial charge < -0.3 is 10.5 Å². The smallest absolute Gasteiger partial charge is 0.125 e. The van der Waals surface area contributed by atoms with Crippen LogP contribution in [-0.4, -0.2) is 11.8 Å². The van der Waals surface area contributed by atoms with Gasteiger partial charge in [-0.2, -0.15) is 0 Å². The van der Waals surface area contributed by atoms with E-state index in [2.05, 4.69) is 6.92 Å². The summed E-state index contributed by atoms with van der Waals surface area (Å²) >= 11 is 0. The predicted octanol–water partition coefficient (Wildman–Crippen LogP) is 2.12. The molecule has 0 amide bonds. The van der Waals surface area contributed by atoms with E-state index in [4.69, 9.17) is 5.73 Å². The summed E-state index contributed by atoms with van der Waals surface area (Å²) in [6.45, 7) is 8.06. The van der Waals surface area contributed by atoms with Gasteiger partial charge in [0.05, 0.1) is 0 Å². The van der Waals surface area contributed by atoms with Gasteiger partial charge in [0, 0.05) is 11.0 Å². The molecule has 0 aliphatic carbocycles. The minimum Gasteiger partial charge on any atom is -0.325 e. The number of nitrogens with two attached hydrogens (primary N) is 1. The largest absolute Gasteiger partial charge is 0.325 e. The number of hydrogen-bond donors (Lipinski definition) is 1. The standard InChI is InChI=1S/C10H21NO/c1-5-9(3,8-12)7-10(4,11)6-2/h8H,5-7,11H2,1-4H3. The highest BCUT2D eigenvalue weighted by Crippen LogP contribution is 2.29. The summed E-state index contributed by atoms with van der Waals surface area (Å²) < 4.78 is 0. The Morgan fingerprint density at radius 1 is 1.25 bits per heavy atom. The first-order chi connectivity index (χ1) is 5.39. The van der Waals surface area contributed by atoms with E-state index < -0.39 is 0 Å². The quantitative estimate of drug-likeness (QED) is 0.644. The minimum atomic E-state index is -0.237. The van der Waals surface area contributed by atoms with Crippen LogP contribution in [0.2, 0.25) is 0 Å². The predicted molar refractivity (Wildman–Crippen MR) is 52.0 cm³/mol. The number of carbonyl (C=O) groups is 1. The van der Waals surface area contributed by atoms with Crippen molar-refractivity contribution in [2.45, 2.75) is 52.5 Å². The topological polar surface area (TPSA) is 43.1 Å². The third-order valence-electron chi connectivity index (χ3n) is 2.71. The Balaban J connectivity index is 4.29. The summed E-state index contributed by atoms with van der Waals surface area (Å²) in [5.74, 6) is 0. The third kappa shape index (κ3) is 3.35. The maximum Gasteiger partial charge on any atom is 0.125 e. The molecule has 0 spiro atoms. The minimum absolute atomic E-state index is 0.203. The first-order valence-corrected chi connectivity index (χ1v) is 4.64. The molecule has 0 bridgehead atoms. The molecule has 0 heterocycles. The molecule has 0 aliphatic heterocycles. The highest BCUT2D eigenvalue weighted by Gasteiger charge is 2.29.